The summed E-state index contributed by atoms with van der Waals surface area (Å²) < 4.78 is 7.31. The number of ether oxygens (including phenoxy) is 1. The van der Waals surface area contributed by atoms with Gasteiger partial charge < -0.3 is 10.5 Å². The van der Waals surface area contributed by atoms with Crippen LogP contribution in [0.5, 0.6) is 11.6 Å². The van der Waals surface area contributed by atoms with Gasteiger partial charge in [-0.2, -0.15) is 5.10 Å². The van der Waals surface area contributed by atoms with E-state index in [-0.39, 0.29) is 5.84 Å². The summed E-state index contributed by atoms with van der Waals surface area (Å²) in [6, 6.07) is 6.74. The third kappa shape index (κ3) is 2.46. The van der Waals surface area contributed by atoms with Gasteiger partial charge in [-0.1, -0.05) is 11.6 Å². The lowest BCUT2D eigenvalue weighted by Gasteiger charge is -2.10. The maximum atomic E-state index is 7.50. The van der Waals surface area contributed by atoms with Crippen LogP contribution in [0.3, 0.4) is 0 Å². The Labute approximate surface area is 110 Å². The number of amidine groups is 1. The highest BCUT2D eigenvalue weighted by molar-refractivity contribution is 6.30. The lowest BCUT2D eigenvalue weighted by molar-refractivity contribution is 0.430. The number of aryl methyl sites for hydroxylation is 2. The second-order valence-corrected chi connectivity index (χ2v) is 4.34. The lowest BCUT2D eigenvalue weighted by atomic mass is 10.2. The Kier molecular flexibility index (Phi) is 3.25. The fourth-order valence-corrected chi connectivity index (χ4v) is 1.76. The van der Waals surface area contributed by atoms with Crippen LogP contribution in [-0.4, -0.2) is 15.6 Å². The van der Waals surface area contributed by atoms with Gasteiger partial charge in [0.15, 0.2) is 0 Å². The summed E-state index contributed by atoms with van der Waals surface area (Å²) in [7, 11) is 1.78. The molecule has 2 rings (SSSR count). The van der Waals surface area contributed by atoms with E-state index < -0.39 is 0 Å². The van der Waals surface area contributed by atoms with E-state index in [4.69, 9.17) is 27.5 Å². The van der Waals surface area contributed by atoms with Gasteiger partial charge in [0.25, 0.3) is 0 Å². The number of aromatic nitrogens is 2. The first-order valence-electron chi connectivity index (χ1n) is 5.30. The topological polar surface area (TPSA) is 76.9 Å². The van der Waals surface area contributed by atoms with Crippen LogP contribution in [-0.2, 0) is 7.05 Å². The van der Waals surface area contributed by atoms with E-state index in [9.17, 15) is 0 Å². The van der Waals surface area contributed by atoms with Crippen molar-refractivity contribution in [3.8, 4) is 11.6 Å². The van der Waals surface area contributed by atoms with Crippen molar-refractivity contribution in [1.82, 2.24) is 9.78 Å². The van der Waals surface area contributed by atoms with Crippen LogP contribution >= 0.6 is 11.6 Å². The fourth-order valence-electron chi connectivity index (χ4n) is 1.60. The molecule has 0 unspecified atom stereocenters. The molecule has 0 radical (unpaired) electrons. The van der Waals surface area contributed by atoms with E-state index in [0.29, 0.717) is 22.2 Å². The molecular formula is C12H13ClN4O. The first-order valence-corrected chi connectivity index (χ1v) is 5.67. The summed E-state index contributed by atoms with van der Waals surface area (Å²) >= 11 is 5.92. The molecule has 2 aromatic rings. The number of hydrogen-bond acceptors (Lipinski definition) is 3. The first kappa shape index (κ1) is 12.4. The second-order valence-electron chi connectivity index (χ2n) is 3.90. The molecule has 0 saturated carbocycles. The summed E-state index contributed by atoms with van der Waals surface area (Å²) in [6.07, 6.45) is 0. The summed E-state index contributed by atoms with van der Waals surface area (Å²) in [5.41, 5.74) is 6.84. The van der Waals surface area contributed by atoms with Crippen molar-refractivity contribution in [2.75, 3.05) is 0 Å². The minimum Gasteiger partial charge on any atom is -0.438 e. The van der Waals surface area contributed by atoms with E-state index in [1.54, 1.807) is 36.0 Å². The number of rotatable bonds is 3. The monoisotopic (exact) mass is 264 g/mol. The molecular weight excluding hydrogens is 252 g/mol. The smallest absolute Gasteiger partial charge is 0.217 e. The highest BCUT2D eigenvalue weighted by Crippen LogP contribution is 2.28. The molecule has 5 nitrogen and oxygen atoms in total. The van der Waals surface area contributed by atoms with Crippen LogP contribution < -0.4 is 10.5 Å². The predicted octanol–water partition coefficient (Wildman–Crippen LogP) is 2.46. The second kappa shape index (κ2) is 4.70. The van der Waals surface area contributed by atoms with Crippen LogP contribution in [0.1, 0.15) is 11.3 Å². The van der Waals surface area contributed by atoms with Crippen molar-refractivity contribution in [1.29, 1.82) is 5.41 Å². The molecule has 18 heavy (non-hydrogen) atoms. The van der Waals surface area contributed by atoms with Gasteiger partial charge in [-0.15, -0.1) is 0 Å². The molecule has 1 aromatic carbocycles. The highest BCUT2D eigenvalue weighted by atomic mass is 35.5. The first-order chi connectivity index (χ1) is 8.47. The zero-order chi connectivity index (χ0) is 13.3. The molecule has 0 spiro atoms. The highest BCUT2D eigenvalue weighted by Gasteiger charge is 2.11. The van der Waals surface area contributed by atoms with Crippen LogP contribution in [0.2, 0.25) is 5.02 Å². The average Bonchev–Trinajstić information content (AvgIpc) is 2.57. The average molecular weight is 265 g/mol. The number of nitrogens with one attached hydrogen (secondary N) is 1. The number of nitrogens with zero attached hydrogens (tertiary/aromatic N) is 2. The Hall–Kier alpha value is -2.01. The maximum absolute atomic E-state index is 7.50. The van der Waals surface area contributed by atoms with Crippen LogP contribution in [0.4, 0.5) is 0 Å². The molecule has 0 aliphatic heterocycles. The molecule has 6 heteroatoms. The molecule has 0 amide bonds. The van der Waals surface area contributed by atoms with Gasteiger partial charge in [0.2, 0.25) is 5.88 Å². The molecule has 0 bridgehead atoms. The van der Waals surface area contributed by atoms with Crippen molar-refractivity contribution >= 4 is 17.4 Å². The minimum atomic E-state index is -0.0689. The molecule has 0 saturated heterocycles. The Morgan fingerprint density at radius 3 is 2.72 bits per heavy atom. The molecule has 0 aliphatic rings. The normalized spacial score (nSPS) is 10.4. The summed E-state index contributed by atoms with van der Waals surface area (Å²) in [6.45, 7) is 1.87. The lowest BCUT2D eigenvalue weighted by Crippen LogP contribution is -2.12. The van der Waals surface area contributed by atoms with Gasteiger partial charge in [-0.05, 0) is 19.1 Å². The number of benzene rings is 1. The number of halogens is 1. The maximum Gasteiger partial charge on any atom is 0.217 e. The Morgan fingerprint density at radius 1 is 1.44 bits per heavy atom. The third-order valence-corrected chi connectivity index (χ3v) is 2.64. The molecule has 3 N–H and O–H groups in total. The van der Waals surface area contributed by atoms with E-state index in [1.165, 1.54) is 0 Å². The van der Waals surface area contributed by atoms with Crippen molar-refractivity contribution in [3.05, 3.63) is 40.5 Å². The molecule has 0 fully saturated rings. The quantitative estimate of drug-likeness (QED) is 0.660. The Bertz CT molecular complexity index is 606. The zero-order valence-corrected chi connectivity index (χ0v) is 10.8. The number of hydrogen-bond donors (Lipinski definition) is 2. The van der Waals surface area contributed by atoms with Gasteiger partial charge in [-0.25, -0.2) is 4.68 Å². The zero-order valence-electron chi connectivity index (χ0n) is 10.1. The van der Waals surface area contributed by atoms with Crippen LogP contribution in [0.15, 0.2) is 24.3 Å². The van der Waals surface area contributed by atoms with Gasteiger partial charge in [0.05, 0.1) is 11.3 Å². The third-order valence-electron chi connectivity index (χ3n) is 2.41. The summed E-state index contributed by atoms with van der Waals surface area (Å²) in [5.74, 6) is 0.941. The predicted molar refractivity (Wildman–Crippen MR) is 70.5 cm³/mol. The molecule has 1 heterocycles. The summed E-state index contributed by atoms with van der Waals surface area (Å²) in [4.78, 5) is 0. The fraction of sp³-hybridized carbons (Fsp3) is 0.167. The Morgan fingerprint density at radius 2 is 2.17 bits per heavy atom. The minimum absolute atomic E-state index is 0.0689. The SMILES string of the molecule is Cc1cc(Oc2cc(Cl)ccc2C(=N)N)n(C)n1. The van der Waals surface area contributed by atoms with E-state index >= 15 is 0 Å². The number of nitrogen functional groups attached to an aromatic ring is 1. The van der Waals surface area contributed by atoms with E-state index in [1.807, 2.05) is 6.92 Å². The summed E-state index contributed by atoms with van der Waals surface area (Å²) in [5, 5.41) is 12.2. The van der Waals surface area contributed by atoms with Crippen molar-refractivity contribution in [3.63, 3.8) is 0 Å². The van der Waals surface area contributed by atoms with Crippen LogP contribution in [0, 0.1) is 12.3 Å². The van der Waals surface area contributed by atoms with Crippen LogP contribution in [0.25, 0.3) is 0 Å². The van der Waals surface area contributed by atoms with Crippen molar-refractivity contribution < 1.29 is 4.74 Å². The standard InChI is InChI=1S/C12H13ClN4O/c1-7-5-11(17(2)16-7)18-10-6-8(13)3-4-9(10)12(14)15/h3-6H,1-2H3,(H3,14,15). The molecule has 0 atom stereocenters. The van der Waals surface area contributed by atoms with Crippen molar-refractivity contribution in [2.45, 2.75) is 6.92 Å². The van der Waals surface area contributed by atoms with Gasteiger partial charge in [0, 0.05) is 24.2 Å². The molecule has 1 aromatic heterocycles. The number of nitrogens with two attached hydrogens (primary N) is 1. The van der Waals surface area contributed by atoms with E-state index in [0.717, 1.165) is 5.69 Å². The van der Waals surface area contributed by atoms with Gasteiger partial charge in [-0.3, -0.25) is 5.41 Å². The van der Waals surface area contributed by atoms with Gasteiger partial charge >= 0.3 is 0 Å². The molecule has 94 valence electrons. The van der Waals surface area contributed by atoms with Crippen molar-refractivity contribution in [2.24, 2.45) is 12.8 Å². The largest absolute Gasteiger partial charge is 0.438 e. The van der Waals surface area contributed by atoms with E-state index in [2.05, 4.69) is 5.10 Å². The molecule has 0 aliphatic carbocycles. The Balaban J connectivity index is 2.42. The van der Waals surface area contributed by atoms with Gasteiger partial charge in [0.1, 0.15) is 11.6 Å².